The third-order valence-corrected chi connectivity index (χ3v) is 3.04. The molecule has 18 heavy (non-hydrogen) atoms. The molecule has 1 aromatic heterocycles. The third-order valence-electron chi connectivity index (χ3n) is 3.04. The number of aromatic nitrogens is 1. The molecule has 0 bridgehead atoms. The summed E-state index contributed by atoms with van der Waals surface area (Å²) in [4.78, 5) is 4.64. The van der Waals surface area contributed by atoms with Crippen LogP contribution in [0.3, 0.4) is 0 Å². The fourth-order valence-corrected chi connectivity index (χ4v) is 2.21. The molecular formula is C14H13N3O. The molecule has 1 heterocycles. The van der Waals surface area contributed by atoms with Crippen molar-refractivity contribution in [1.82, 2.24) is 4.98 Å². The van der Waals surface area contributed by atoms with Gasteiger partial charge in [0.1, 0.15) is 11.3 Å². The number of hydrazine groups is 1. The Hall–Kier alpha value is -2.33. The molecule has 0 spiro atoms. The zero-order valence-electron chi connectivity index (χ0n) is 9.97. The summed E-state index contributed by atoms with van der Waals surface area (Å²) in [6.07, 6.45) is 0. The number of hydrogen-bond donors (Lipinski definition) is 2. The van der Waals surface area contributed by atoms with Gasteiger partial charge in [-0.1, -0.05) is 30.3 Å². The van der Waals surface area contributed by atoms with E-state index in [1.165, 1.54) is 0 Å². The maximum absolute atomic E-state index is 5.65. The van der Waals surface area contributed by atoms with Gasteiger partial charge in [-0.3, -0.25) is 5.84 Å². The summed E-state index contributed by atoms with van der Waals surface area (Å²) in [6.45, 7) is 0. The Kier molecular flexibility index (Phi) is 2.50. The zero-order chi connectivity index (χ0) is 12.5. The van der Waals surface area contributed by atoms with E-state index in [2.05, 4.69) is 10.4 Å². The summed E-state index contributed by atoms with van der Waals surface area (Å²) in [5, 5.41) is 1.95. The molecule has 4 nitrogen and oxygen atoms in total. The van der Waals surface area contributed by atoms with E-state index in [1.807, 2.05) is 42.5 Å². The number of anilines is 1. The number of nitrogens with one attached hydrogen (secondary N) is 1. The number of pyridine rings is 1. The number of rotatable bonds is 2. The maximum atomic E-state index is 5.65. The molecule has 0 fully saturated rings. The van der Waals surface area contributed by atoms with Gasteiger partial charge >= 0.3 is 0 Å². The number of hydrogen-bond acceptors (Lipinski definition) is 4. The van der Waals surface area contributed by atoms with Crippen LogP contribution in [0.4, 0.5) is 5.69 Å². The Morgan fingerprint density at radius 3 is 2.61 bits per heavy atom. The van der Waals surface area contributed by atoms with Crippen LogP contribution in [-0.4, -0.2) is 12.1 Å². The van der Waals surface area contributed by atoms with Crippen molar-refractivity contribution in [2.75, 3.05) is 12.5 Å². The van der Waals surface area contributed by atoms with E-state index in [1.54, 1.807) is 7.11 Å². The molecule has 3 aromatic rings. The van der Waals surface area contributed by atoms with Crippen molar-refractivity contribution in [2.45, 2.75) is 0 Å². The summed E-state index contributed by atoms with van der Waals surface area (Å²) in [6, 6.07) is 13.7. The molecule has 0 aliphatic carbocycles. The Bertz CT molecular complexity index is 725. The lowest BCUT2D eigenvalue weighted by molar-refractivity contribution is 0.419. The maximum Gasteiger partial charge on any atom is 0.145 e. The second kappa shape index (κ2) is 4.16. The number of fused-ring (bicyclic) bond motifs is 2. The van der Waals surface area contributed by atoms with Gasteiger partial charge in [0.05, 0.1) is 18.3 Å². The van der Waals surface area contributed by atoms with Gasteiger partial charge in [0, 0.05) is 10.8 Å². The fourth-order valence-electron chi connectivity index (χ4n) is 2.21. The van der Waals surface area contributed by atoms with E-state index in [0.29, 0.717) is 0 Å². The van der Waals surface area contributed by atoms with Crippen LogP contribution in [0.25, 0.3) is 21.8 Å². The van der Waals surface area contributed by atoms with Gasteiger partial charge in [-0.2, -0.15) is 0 Å². The number of nitrogens with zero attached hydrogens (tertiary/aromatic N) is 1. The minimum atomic E-state index is 0.745. The zero-order valence-corrected chi connectivity index (χ0v) is 9.97. The van der Waals surface area contributed by atoms with Crippen LogP contribution in [0.1, 0.15) is 0 Å². The highest BCUT2D eigenvalue weighted by molar-refractivity contribution is 6.08. The lowest BCUT2D eigenvalue weighted by Crippen LogP contribution is -2.08. The van der Waals surface area contributed by atoms with Crippen molar-refractivity contribution < 1.29 is 4.74 Å². The molecule has 0 amide bonds. The van der Waals surface area contributed by atoms with Gasteiger partial charge in [0.2, 0.25) is 0 Å². The molecule has 0 atom stereocenters. The number of methoxy groups -OCH3 is 1. The topological polar surface area (TPSA) is 60.2 Å². The molecule has 4 heteroatoms. The second-order valence-electron chi connectivity index (χ2n) is 4.00. The summed E-state index contributed by atoms with van der Waals surface area (Å²) in [5.74, 6) is 6.40. The van der Waals surface area contributed by atoms with Crippen LogP contribution >= 0.6 is 0 Å². The molecule has 0 saturated heterocycles. The van der Waals surface area contributed by atoms with Crippen molar-refractivity contribution in [1.29, 1.82) is 0 Å². The van der Waals surface area contributed by atoms with Crippen LogP contribution < -0.4 is 16.0 Å². The van der Waals surface area contributed by atoms with Crippen molar-refractivity contribution in [2.24, 2.45) is 5.84 Å². The minimum absolute atomic E-state index is 0.745. The Morgan fingerprint density at radius 1 is 1.06 bits per heavy atom. The minimum Gasteiger partial charge on any atom is -0.494 e. The molecule has 90 valence electrons. The molecule has 2 aromatic carbocycles. The quantitative estimate of drug-likeness (QED) is 0.410. The number of benzene rings is 2. The molecule has 0 aliphatic heterocycles. The smallest absolute Gasteiger partial charge is 0.145 e. The average molecular weight is 239 g/mol. The molecule has 0 aliphatic rings. The fraction of sp³-hybridized carbons (Fsp3) is 0.0714. The first kappa shape index (κ1) is 10.8. The lowest BCUT2D eigenvalue weighted by Gasteiger charge is -2.11. The van der Waals surface area contributed by atoms with Gasteiger partial charge in [0.15, 0.2) is 0 Å². The van der Waals surface area contributed by atoms with Crippen molar-refractivity contribution in [3.8, 4) is 5.75 Å². The molecule has 3 N–H and O–H groups in total. The summed E-state index contributed by atoms with van der Waals surface area (Å²) in [5.41, 5.74) is 5.34. The highest BCUT2D eigenvalue weighted by Crippen LogP contribution is 2.34. The Balaban J connectivity index is 2.53. The average Bonchev–Trinajstić information content (AvgIpc) is 2.44. The van der Waals surface area contributed by atoms with Crippen LogP contribution in [-0.2, 0) is 0 Å². The van der Waals surface area contributed by atoms with E-state index >= 15 is 0 Å². The molecule has 3 rings (SSSR count). The predicted molar refractivity (Wildman–Crippen MR) is 73.6 cm³/mol. The summed E-state index contributed by atoms with van der Waals surface area (Å²) >= 11 is 0. The molecule has 0 saturated carbocycles. The number of nitrogens with two attached hydrogens (primary N) is 1. The van der Waals surface area contributed by atoms with Gasteiger partial charge in [0.25, 0.3) is 0 Å². The number of nitrogen functional groups attached to an aromatic ring is 1. The van der Waals surface area contributed by atoms with Crippen molar-refractivity contribution >= 4 is 27.5 Å². The molecule has 0 radical (unpaired) electrons. The third kappa shape index (κ3) is 1.47. The van der Waals surface area contributed by atoms with Gasteiger partial charge in [-0.05, 0) is 12.1 Å². The molecule has 0 unspecified atom stereocenters. The van der Waals surface area contributed by atoms with E-state index in [0.717, 1.165) is 33.2 Å². The SMILES string of the molecule is COc1cccc2c(NN)c3ccccc3nc12. The number of para-hydroxylation sites is 2. The highest BCUT2D eigenvalue weighted by atomic mass is 16.5. The van der Waals surface area contributed by atoms with Gasteiger partial charge in [-0.25, -0.2) is 4.98 Å². The second-order valence-corrected chi connectivity index (χ2v) is 4.00. The summed E-state index contributed by atoms with van der Waals surface area (Å²) in [7, 11) is 1.64. The van der Waals surface area contributed by atoms with Crippen molar-refractivity contribution in [3.05, 3.63) is 42.5 Å². The lowest BCUT2D eigenvalue weighted by atomic mass is 10.1. The van der Waals surface area contributed by atoms with E-state index in [-0.39, 0.29) is 0 Å². The monoisotopic (exact) mass is 239 g/mol. The van der Waals surface area contributed by atoms with Gasteiger partial charge < -0.3 is 10.2 Å². The number of ether oxygens (including phenoxy) is 1. The first-order chi connectivity index (χ1) is 8.85. The van der Waals surface area contributed by atoms with Crippen LogP contribution in [0.5, 0.6) is 5.75 Å². The summed E-state index contributed by atoms with van der Waals surface area (Å²) < 4.78 is 5.34. The van der Waals surface area contributed by atoms with Crippen molar-refractivity contribution in [3.63, 3.8) is 0 Å². The standard InChI is InChI=1S/C14H13N3O/c1-18-12-8-4-6-10-13(17-15)9-5-2-3-7-11(9)16-14(10)12/h2-8H,15H2,1H3,(H,16,17). The largest absolute Gasteiger partial charge is 0.494 e. The van der Waals surface area contributed by atoms with E-state index in [4.69, 9.17) is 10.6 Å². The highest BCUT2D eigenvalue weighted by Gasteiger charge is 2.10. The van der Waals surface area contributed by atoms with Gasteiger partial charge in [-0.15, -0.1) is 0 Å². The van der Waals surface area contributed by atoms with Crippen LogP contribution in [0.15, 0.2) is 42.5 Å². The van der Waals surface area contributed by atoms with Crippen LogP contribution in [0.2, 0.25) is 0 Å². The molecular weight excluding hydrogens is 226 g/mol. The van der Waals surface area contributed by atoms with E-state index < -0.39 is 0 Å². The Morgan fingerprint density at radius 2 is 1.83 bits per heavy atom. The first-order valence-electron chi connectivity index (χ1n) is 5.67. The Labute approximate surface area is 104 Å². The normalized spacial score (nSPS) is 10.8. The predicted octanol–water partition coefficient (Wildman–Crippen LogP) is 2.68. The van der Waals surface area contributed by atoms with E-state index in [9.17, 15) is 0 Å². The van der Waals surface area contributed by atoms with Crippen LogP contribution in [0, 0.1) is 0 Å². The first-order valence-corrected chi connectivity index (χ1v) is 5.67.